The zero-order chi connectivity index (χ0) is 13.9. The lowest BCUT2D eigenvalue weighted by atomic mass is 10.2. The molecule has 1 aromatic carbocycles. The lowest BCUT2D eigenvalue weighted by molar-refractivity contribution is 0.102. The second kappa shape index (κ2) is 5.05. The summed E-state index contributed by atoms with van der Waals surface area (Å²) >= 11 is 0. The fourth-order valence-corrected chi connectivity index (χ4v) is 1.89. The van der Waals surface area contributed by atoms with Gasteiger partial charge in [0, 0.05) is 0 Å². The molecule has 4 nitrogen and oxygen atoms in total. The summed E-state index contributed by atoms with van der Waals surface area (Å²) in [6.45, 7) is 0. The molecule has 0 amide bonds. The van der Waals surface area contributed by atoms with Crippen molar-refractivity contribution in [1.82, 2.24) is 14.8 Å². The summed E-state index contributed by atoms with van der Waals surface area (Å²) < 4.78 is 14.4. The van der Waals surface area contributed by atoms with E-state index in [4.69, 9.17) is 0 Å². The van der Waals surface area contributed by atoms with Crippen molar-refractivity contribution < 1.29 is 9.18 Å². The van der Waals surface area contributed by atoms with Crippen LogP contribution < -0.4 is 0 Å². The summed E-state index contributed by atoms with van der Waals surface area (Å²) in [6, 6.07) is 13.5. The lowest BCUT2D eigenvalue weighted by Gasteiger charge is -2.06. The molecule has 3 rings (SSSR count). The van der Waals surface area contributed by atoms with Crippen LogP contribution in [0.2, 0.25) is 0 Å². The van der Waals surface area contributed by atoms with Crippen LogP contribution in [0.4, 0.5) is 4.39 Å². The van der Waals surface area contributed by atoms with E-state index in [0.717, 1.165) is 11.9 Å². The Labute approximate surface area is 114 Å². The predicted octanol–water partition coefficient (Wildman–Crippen LogP) is 2.64. The van der Waals surface area contributed by atoms with Gasteiger partial charge in [-0.15, -0.1) is 0 Å². The van der Waals surface area contributed by atoms with E-state index in [1.807, 2.05) is 30.3 Å². The zero-order valence-corrected chi connectivity index (χ0v) is 10.4. The number of halogens is 1. The third-order valence-corrected chi connectivity index (χ3v) is 2.84. The van der Waals surface area contributed by atoms with E-state index in [0.29, 0.717) is 5.69 Å². The van der Waals surface area contributed by atoms with Gasteiger partial charge in [-0.05, 0) is 30.3 Å². The van der Waals surface area contributed by atoms with Crippen molar-refractivity contribution >= 4 is 5.78 Å². The quantitative estimate of drug-likeness (QED) is 0.685. The highest BCUT2D eigenvalue weighted by Gasteiger charge is 2.16. The fraction of sp³-hybridized carbons (Fsp3) is 0. The van der Waals surface area contributed by atoms with Gasteiger partial charge in [0.1, 0.15) is 17.2 Å². The Morgan fingerprint density at radius 2 is 1.85 bits per heavy atom. The molecule has 20 heavy (non-hydrogen) atoms. The van der Waals surface area contributed by atoms with Crippen LogP contribution in [0, 0.1) is 5.82 Å². The molecular formula is C15H10FN3O. The SMILES string of the molecule is O=C(c1ccc(F)cn1)c1ccnn1-c1ccccc1. The van der Waals surface area contributed by atoms with Crippen molar-refractivity contribution in [2.75, 3.05) is 0 Å². The van der Waals surface area contributed by atoms with E-state index in [1.165, 1.54) is 16.8 Å². The maximum Gasteiger partial charge on any atom is 0.229 e. The predicted molar refractivity (Wildman–Crippen MR) is 71.2 cm³/mol. The minimum atomic E-state index is -0.474. The minimum Gasteiger partial charge on any atom is -0.285 e. The molecular weight excluding hydrogens is 257 g/mol. The van der Waals surface area contributed by atoms with Gasteiger partial charge in [0.25, 0.3) is 0 Å². The number of rotatable bonds is 3. The van der Waals surface area contributed by atoms with Gasteiger partial charge in [-0.3, -0.25) is 4.79 Å². The highest BCUT2D eigenvalue weighted by atomic mass is 19.1. The number of hydrogen-bond acceptors (Lipinski definition) is 3. The van der Waals surface area contributed by atoms with Crippen LogP contribution >= 0.6 is 0 Å². The molecule has 0 fully saturated rings. The second-order valence-electron chi connectivity index (χ2n) is 4.15. The van der Waals surface area contributed by atoms with Crippen molar-refractivity contribution in [3.05, 3.63) is 78.1 Å². The van der Waals surface area contributed by atoms with Crippen molar-refractivity contribution in [2.45, 2.75) is 0 Å². The molecule has 5 heteroatoms. The number of nitrogens with zero attached hydrogens (tertiary/aromatic N) is 3. The average Bonchev–Trinajstić information content (AvgIpc) is 2.97. The van der Waals surface area contributed by atoms with E-state index in [2.05, 4.69) is 10.1 Å². The van der Waals surface area contributed by atoms with E-state index in [1.54, 1.807) is 12.3 Å². The van der Waals surface area contributed by atoms with Crippen LogP contribution in [0.5, 0.6) is 0 Å². The zero-order valence-electron chi connectivity index (χ0n) is 10.4. The Morgan fingerprint density at radius 1 is 1.05 bits per heavy atom. The fourth-order valence-electron chi connectivity index (χ4n) is 1.89. The maximum absolute atomic E-state index is 12.8. The van der Waals surface area contributed by atoms with Gasteiger partial charge in [0.2, 0.25) is 5.78 Å². The molecule has 98 valence electrons. The number of aromatic nitrogens is 3. The maximum atomic E-state index is 12.8. The number of para-hydroxylation sites is 1. The Hall–Kier alpha value is -2.82. The number of ketones is 1. The topological polar surface area (TPSA) is 47.8 Å². The Balaban J connectivity index is 2.02. The first-order chi connectivity index (χ1) is 9.75. The van der Waals surface area contributed by atoms with Crippen LogP contribution in [-0.2, 0) is 0 Å². The van der Waals surface area contributed by atoms with Gasteiger partial charge < -0.3 is 0 Å². The molecule has 2 heterocycles. The first-order valence-electron chi connectivity index (χ1n) is 6.01. The number of carbonyl (C=O) groups is 1. The van der Waals surface area contributed by atoms with Gasteiger partial charge >= 0.3 is 0 Å². The molecule has 2 aromatic heterocycles. The molecule has 0 saturated heterocycles. The molecule has 0 unspecified atom stereocenters. The Kier molecular flexibility index (Phi) is 3.09. The van der Waals surface area contributed by atoms with Gasteiger partial charge in [-0.25, -0.2) is 14.1 Å². The minimum absolute atomic E-state index is 0.184. The monoisotopic (exact) mass is 267 g/mol. The van der Waals surface area contributed by atoms with Crippen LogP contribution in [0.25, 0.3) is 5.69 Å². The summed E-state index contributed by atoms with van der Waals surface area (Å²) in [5.41, 5.74) is 1.35. The Bertz CT molecular complexity index is 735. The molecule has 0 bridgehead atoms. The van der Waals surface area contributed by atoms with Crippen molar-refractivity contribution in [1.29, 1.82) is 0 Å². The van der Waals surface area contributed by atoms with Crippen LogP contribution in [0.15, 0.2) is 60.9 Å². The number of hydrogen-bond donors (Lipinski definition) is 0. The third kappa shape index (κ3) is 2.21. The average molecular weight is 267 g/mol. The van der Waals surface area contributed by atoms with E-state index in [9.17, 15) is 9.18 Å². The largest absolute Gasteiger partial charge is 0.285 e. The molecule has 3 aromatic rings. The normalized spacial score (nSPS) is 10.4. The molecule has 0 N–H and O–H groups in total. The first kappa shape index (κ1) is 12.2. The molecule has 0 atom stereocenters. The lowest BCUT2D eigenvalue weighted by Crippen LogP contribution is -2.11. The van der Waals surface area contributed by atoms with Crippen molar-refractivity contribution in [3.63, 3.8) is 0 Å². The third-order valence-electron chi connectivity index (χ3n) is 2.84. The van der Waals surface area contributed by atoms with Crippen LogP contribution in [-0.4, -0.2) is 20.5 Å². The van der Waals surface area contributed by atoms with Gasteiger partial charge in [0.15, 0.2) is 0 Å². The summed E-state index contributed by atoms with van der Waals surface area (Å²) in [4.78, 5) is 16.2. The second-order valence-corrected chi connectivity index (χ2v) is 4.15. The van der Waals surface area contributed by atoms with Crippen molar-refractivity contribution in [2.24, 2.45) is 0 Å². The smallest absolute Gasteiger partial charge is 0.229 e. The molecule has 0 radical (unpaired) electrons. The number of pyridine rings is 1. The molecule has 0 aliphatic rings. The molecule has 0 saturated carbocycles. The van der Waals surface area contributed by atoms with Gasteiger partial charge in [-0.2, -0.15) is 5.10 Å². The van der Waals surface area contributed by atoms with Crippen LogP contribution in [0.1, 0.15) is 16.2 Å². The van der Waals surface area contributed by atoms with E-state index < -0.39 is 5.82 Å². The molecule has 0 aliphatic carbocycles. The first-order valence-corrected chi connectivity index (χ1v) is 6.01. The van der Waals surface area contributed by atoms with Gasteiger partial charge in [-0.1, -0.05) is 18.2 Å². The molecule has 0 aliphatic heterocycles. The Morgan fingerprint density at radius 3 is 2.55 bits per heavy atom. The van der Waals surface area contributed by atoms with Crippen molar-refractivity contribution in [3.8, 4) is 5.69 Å². The summed E-state index contributed by atoms with van der Waals surface area (Å²) in [5, 5.41) is 4.14. The molecule has 0 spiro atoms. The number of carbonyl (C=O) groups excluding carboxylic acids is 1. The summed E-state index contributed by atoms with van der Waals surface area (Å²) in [5.74, 6) is -0.774. The van der Waals surface area contributed by atoms with Crippen LogP contribution in [0.3, 0.4) is 0 Å². The highest BCUT2D eigenvalue weighted by Crippen LogP contribution is 2.13. The van der Waals surface area contributed by atoms with E-state index >= 15 is 0 Å². The standard InChI is InChI=1S/C15H10FN3O/c16-11-6-7-13(17-10-11)15(20)14-8-9-18-19(14)12-4-2-1-3-5-12/h1-10H. The van der Waals surface area contributed by atoms with E-state index in [-0.39, 0.29) is 11.5 Å². The highest BCUT2D eigenvalue weighted by molar-refractivity contribution is 6.06. The number of benzene rings is 1. The summed E-state index contributed by atoms with van der Waals surface area (Å²) in [6.07, 6.45) is 2.57. The van der Waals surface area contributed by atoms with Gasteiger partial charge in [0.05, 0.1) is 18.1 Å². The summed E-state index contributed by atoms with van der Waals surface area (Å²) in [7, 11) is 0.